The molecule has 0 bridgehead atoms. The zero-order valence-corrected chi connectivity index (χ0v) is 15.2. The van der Waals surface area contributed by atoms with E-state index in [9.17, 15) is 26.7 Å². The molecule has 2 atom stereocenters. The molecule has 0 rings (SSSR count). The third-order valence-corrected chi connectivity index (χ3v) is 4.59. The second-order valence-electron chi connectivity index (χ2n) is 6.13. The summed E-state index contributed by atoms with van der Waals surface area (Å²) in [5.74, 6) is -4.08. The van der Waals surface area contributed by atoms with Gasteiger partial charge in [-0.05, 0) is 24.5 Å². The molecule has 0 aromatic rings. The van der Waals surface area contributed by atoms with Crippen molar-refractivity contribution in [2.45, 2.75) is 76.6 Å². The summed E-state index contributed by atoms with van der Waals surface area (Å²) in [4.78, 5) is 12.0. The Balaban J connectivity index is 4.33. The number of unbranched alkanes of at least 4 members (excludes halogenated alkanes) is 1. The van der Waals surface area contributed by atoms with Crippen LogP contribution < -0.4 is 0 Å². The SMILES string of the molecule is CCCCC(SCCCC(F)(F)C(F)C(F)F)C(=O)OCC(C)C. The molecule has 0 aliphatic carbocycles. The molecule has 24 heavy (non-hydrogen) atoms. The molecule has 0 N–H and O–H groups in total. The highest BCUT2D eigenvalue weighted by molar-refractivity contribution is 8.00. The third kappa shape index (κ3) is 9.69. The monoisotopic (exact) mass is 378 g/mol. The van der Waals surface area contributed by atoms with Gasteiger partial charge in [0.05, 0.1) is 6.61 Å². The molecule has 0 spiro atoms. The van der Waals surface area contributed by atoms with Crippen molar-refractivity contribution in [2.24, 2.45) is 5.92 Å². The molecule has 8 heteroatoms. The Morgan fingerprint density at radius 2 is 1.79 bits per heavy atom. The van der Waals surface area contributed by atoms with Crippen LogP contribution in [0.15, 0.2) is 0 Å². The molecule has 0 aromatic carbocycles. The maximum absolute atomic E-state index is 13.2. The number of alkyl halides is 5. The quantitative estimate of drug-likeness (QED) is 0.241. The molecular formula is C16H27F5O2S. The Labute approximate surface area is 144 Å². The van der Waals surface area contributed by atoms with Gasteiger partial charge in [0.2, 0.25) is 6.17 Å². The van der Waals surface area contributed by atoms with E-state index in [2.05, 4.69) is 0 Å². The van der Waals surface area contributed by atoms with Gasteiger partial charge in [-0.1, -0.05) is 33.6 Å². The van der Waals surface area contributed by atoms with Crippen LogP contribution in [0.1, 0.15) is 52.9 Å². The minimum Gasteiger partial charge on any atom is -0.465 e. The molecule has 0 radical (unpaired) electrons. The van der Waals surface area contributed by atoms with E-state index in [0.29, 0.717) is 6.42 Å². The number of carbonyl (C=O) groups excluding carboxylic acids is 1. The van der Waals surface area contributed by atoms with E-state index in [4.69, 9.17) is 4.74 Å². The van der Waals surface area contributed by atoms with E-state index in [1.54, 1.807) is 0 Å². The van der Waals surface area contributed by atoms with Crippen molar-refractivity contribution in [3.8, 4) is 0 Å². The first-order valence-electron chi connectivity index (χ1n) is 8.20. The fourth-order valence-electron chi connectivity index (χ4n) is 1.86. The lowest BCUT2D eigenvalue weighted by atomic mass is 10.1. The van der Waals surface area contributed by atoms with Crippen LogP contribution in [0.3, 0.4) is 0 Å². The van der Waals surface area contributed by atoms with Gasteiger partial charge in [-0.3, -0.25) is 4.79 Å². The highest BCUT2D eigenvalue weighted by Gasteiger charge is 2.45. The van der Waals surface area contributed by atoms with Crippen LogP contribution in [0.5, 0.6) is 0 Å². The van der Waals surface area contributed by atoms with Gasteiger partial charge in [0.15, 0.2) is 0 Å². The van der Waals surface area contributed by atoms with Crippen LogP contribution in [-0.2, 0) is 9.53 Å². The Morgan fingerprint density at radius 3 is 2.29 bits per heavy atom. The van der Waals surface area contributed by atoms with Crippen LogP contribution in [0.4, 0.5) is 22.0 Å². The molecule has 0 saturated carbocycles. The number of rotatable bonds is 13. The number of ether oxygens (including phenoxy) is 1. The summed E-state index contributed by atoms with van der Waals surface area (Å²) in [5, 5.41) is -0.464. The normalized spacial score (nSPS) is 14.9. The molecule has 0 amide bonds. The van der Waals surface area contributed by atoms with Crippen molar-refractivity contribution in [3.63, 3.8) is 0 Å². The van der Waals surface area contributed by atoms with Crippen LogP contribution >= 0.6 is 11.8 Å². The number of halogens is 5. The maximum atomic E-state index is 13.2. The summed E-state index contributed by atoms with van der Waals surface area (Å²) >= 11 is 1.16. The summed E-state index contributed by atoms with van der Waals surface area (Å²) in [7, 11) is 0. The molecule has 0 saturated heterocycles. The van der Waals surface area contributed by atoms with Gasteiger partial charge in [0.1, 0.15) is 5.25 Å². The lowest BCUT2D eigenvalue weighted by Crippen LogP contribution is -2.35. The fourth-order valence-corrected chi connectivity index (χ4v) is 2.99. The zero-order chi connectivity index (χ0) is 18.8. The standard InChI is InChI=1S/C16H27F5O2S/c1-4-5-7-12(15(22)23-10-11(2)3)24-9-6-8-16(20,21)13(17)14(18)19/h11-14H,4-10H2,1-3H3. The van der Waals surface area contributed by atoms with Crippen LogP contribution in [0.2, 0.25) is 0 Å². The van der Waals surface area contributed by atoms with Crippen LogP contribution in [0, 0.1) is 5.92 Å². The first kappa shape index (κ1) is 23.5. The van der Waals surface area contributed by atoms with Gasteiger partial charge in [0, 0.05) is 6.42 Å². The summed E-state index contributed by atoms with van der Waals surface area (Å²) in [5.41, 5.74) is 0. The van der Waals surface area contributed by atoms with Crippen molar-refractivity contribution in [1.82, 2.24) is 0 Å². The number of hydrogen-bond acceptors (Lipinski definition) is 3. The van der Waals surface area contributed by atoms with E-state index in [1.165, 1.54) is 0 Å². The molecule has 2 nitrogen and oxygen atoms in total. The molecule has 2 unspecified atom stereocenters. The Bertz CT molecular complexity index is 353. The Morgan fingerprint density at radius 1 is 1.17 bits per heavy atom. The van der Waals surface area contributed by atoms with E-state index < -0.39 is 30.2 Å². The van der Waals surface area contributed by atoms with Gasteiger partial charge < -0.3 is 4.74 Å². The van der Waals surface area contributed by atoms with Crippen LogP contribution in [-0.4, -0.2) is 42.1 Å². The second kappa shape index (κ2) is 11.9. The lowest BCUT2D eigenvalue weighted by Gasteiger charge is -2.20. The average Bonchev–Trinajstić information content (AvgIpc) is 2.50. The minimum absolute atomic E-state index is 0.148. The van der Waals surface area contributed by atoms with Gasteiger partial charge in [-0.2, -0.15) is 0 Å². The summed E-state index contributed by atoms with van der Waals surface area (Å²) in [6.07, 6.45) is -6.02. The third-order valence-electron chi connectivity index (χ3n) is 3.24. The topological polar surface area (TPSA) is 26.3 Å². The van der Waals surface area contributed by atoms with Crippen molar-refractivity contribution >= 4 is 17.7 Å². The van der Waals surface area contributed by atoms with Gasteiger partial charge in [-0.15, -0.1) is 11.8 Å². The molecule has 0 fully saturated rings. The predicted octanol–water partition coefficient (Wildman–Crippen LogP) is 5.50. The lowest BCUT2D eigenvalue weighted by molar-refractivity contribution is -0.144. The van der Waals surface area contributed by atoms with Gasteiger partial charge in [0.25, 0.3) is 12.3 Å². The summed E-state index contributed by atoms with van der Waals surface area (Å²) < 4.78 is 68.4. The molecule has 0 aliphatic heterocycles. The zero-order valence-electron chi connectivity index (χ0n) is 14.4. The van der Waals surface area contributed by atoms with Crippen LogP contribution in [0.25, 0.3) is 0 Å². The Kier molecular flexibility index (Phi) is 11.7. The molecule has 0 aliphatic rings. The summed E-state index contributed by atoms with van der Waals surface area (Å²) in [6, 6.07) is 0. The van der Waals surface area contributed by atoms with E-state index in [1.807, 2.05) is 20.8 Å². The van der Waals surface area contributed by atoms with Gasteiger partial charge in [-0.25, -0.2) is 22.0 Å². The van der Waals surface area contributed by atoms with Crippen molar-refractivity contribution in [1.29, 1.82) is 0 Å². The molecular weight excluding hydrogens is 351 g/mol. The smallest absolute Gasteiger partial charge is 0.319 e. The number of hydrogen-bond donors (Lipinski definition) is 0. The molecule has 144 valence electrons. The largest absolute Gasteiger partial charge is 0.465 e. The van der Waals surface area contributed by atoms with Crippen molar-refractivity contribution in [2.75, 3.05) is 12.4 Å². The van der Waals surface area contributed by atoms with E-state index in [0.717, 1.165) is 24.6 Å². The number of thioether (sulfide) groups is 1. The average molecular weight is 378 g/mol. The number of esters is 1. The Hall–Kier alpha value is -0.530. The van der Waals surface area contributed by atoms with Crippen molar-refractivity contribution < 1.29 is 31.5 Å². The first-order valence-corrected chi connectivity index (χ1v) is 9.25. The maximum Gasteiger partial charge on any atom is 0.319 e. The van der Waals surface area contributed by atoms with Gasteiger partial charge >= 0.3 is 5.97 Å². The van der Waals surface area contributed by atoms with E-state index in [-0.39, 0.29) is 30.7 Å². The molecule has 0 aromatic heterocycles. The summed E-state index contributed by atoms with van der Waals surface area (Å²) in [6.45, 7) is 6.06. The second-order valence-corrected chi connectivity index (χ2v) is 7.44. The minimum atomic E-state index is -4.05. The van der Waals surface area contributed by atoms with E-state index >= 15 is 0 Å². The van der Waals surface area contributed by atoms with Crippen molar-refractivity contribution in [3.05, 3.63) is 0 Å². The fraction of sp³-hybridized carbons (Fsp3) is 0.938. The number of carbonyl (C=O) groups is 1. The predicted molar refractivity (Wildman–Crippen MR) is 86.6 cm³/mol. The highest BCUT2D eigenvalue weighted by atomic mass is 32.2. The first-order chi connectivity index (χ1) is 11.1. The molecule has 0 heterocycles. The highest BCUT2D eigenvalue weighted by Crippen LogP contribution is 2.32.